The van der Waals surface area contributed by atoms with Crippen molar-refractivity contribution in [3.63, 3.8) is 0 Å². The minimum Gasteiger partial charge on any atom is -0.339 e. The van der Waals surface area contributed by atoms with Gasteiger partial charge in [-0.3, -0.25) is 9.59 Å². The third-order valence-electron chi connectivity index (χ3n) is 5.95. The van der Waals surface area contributed by atoms with Gasteiger partial charge in [0.15, 0.2) is 0 Å². The first-order valence-corrected chi connectivity index (χ1v) is 12.4. The van der Waals surface area contributed by atoms with Crippen LogP contribution in [-0.2, 0) is 10.5 Å². The Kier molecular flexibility index (Phi) is 6.93. The molecule has 1 saturated carbocycles. The van der Waals surface area contributed by atoms with Gasteiger partial charge in [-0.25, -0.2) is 0 Å². The summed E-state index contributed by atoms with van der Waals surface area (Å²) in [6.45, 7) is 2.56. The summed E-state index contributed by atoms with van der Waals surface area (Å²) in [5, 5.41) is 4.24. The summed E-state index contributed by atoms with van der Waals surface area (Å²) >= 11 is 3.41. The van der Waals surface area contributed by atoms with E-state index in [1.54, 1.807) is 23.1 Å². The van der Waals surface area contributed by atoms with Gasteiger partial charge in [0.2, 0.25) is 5.91 Å². The van der Waals surface area contributed by atoms with Crippen molar-refractivity contribution in [1.82, 2.24) is 9.80 Å². The first-order valence-electron chi connectivity index (χ1n) is 10.5. The summed E-state index contributed by atoms with van der Waals surface area (Å²) in [7, 11) is 0. The second kappa shape index (κ2) is 9.81. The Morgan fingerprint density at radius 3 is 2.45 bits per heavy atom. The molecule has 4 nitrogen and oxygen atoms in total. The van der Waals surface area contributed by atoms with Crippen LogP contribution in [0.1, 0.15) is 48.0 Å². The average Bonchev–Trinajstić information content (AvgIpc) is 3.46. The van der Waals surface area contributed by atoms with Crippen molar-refractivity contribution in [3.8, 4) is 0 Å². The summed E-state index contributed by atoms with van der Waals surface area (Å²) in [5.41, 5.74) is 2.06. The van der Waals surface area contributed by atoms with E-state index in [9.17, 15) is 9.59 Å². The molecule has 2 aliphatic rings. The molecule has 0 N–H and O–H groups in total. The molecule has 1 aromatic carbocycles. The largest absolute Gasteiger partial charge is 0.339 e. The maximum atomic E-state index is 13.1. The van der Waals surface area contributed by atoms with E-state index < -0.39 is 0 Å². The Morgan fingerprint density at radius 2 is 1.72 bits per heavy atom. The fourth-order valence-corrected chi connectivity index (χ4v) is 5.99. The van der Waals surface area contributed by atoms with Crippen LogP contribution >= 0.6 is 23.1 Å². The highest BCUT2D eigenvalue weighted by Crippen LogP contribution is 2.29. The normalized spacial score (nSPS) is 17.7. The van der Waals surface area contributed by atoms with Gasteiger partial charge in [-0.1, -0.05) is 25.0 Å². The Labute approximate surface area is 181 Å². The molecule has 6 heteroatoms. The van der Waals surface area contributed by atoms with Gasteiger partial charge in [-0.2, -0.15) is 11.3 Å². The van der Waals surface area contributed by atoms with Crippen molar-refractivity contribution in [1.29, 1.82) is 0 Å². The topological polar surface area (TPSA) is 40.6 Å². The minimum atomic E-state index is 0.0845. The van der Waals surface area contributed by atoms with Gasteiger partial charge in [0, 0.05) is 43.2 Å². The van der Waals surface area contributed by atoms with Crippen molar-refractivity contribution < 1.29 is 9.59 Å². The summed E-state index contributed by atoms with van der Waals surface area (Å²) in [4.78, 5) is 30.6. The number of rotatable bonds is 6. The Bertz CT molecular complexity index is 823. The summed E-state index contributed by atoms with van der Waals surface area (Å²) in [5.74, 6) is 1.81. The third kappa shape index (κ3) is 5.23. The Balaban J connectivity index is 1.33. The van der Waals surface area contributed by atoms with Crippen molar-refractivity contribution >= 4 is 34.9 Å². The number of piperazine rings is 1. The lowest BCUT2D eigenvalue weighted by Gasteiger charge is -2.35. The average molecular weight is 429 g/mol. The highest BCUT2D eigenvalue weighted by Gasteiger charge is 2.28. The lowest BCUT2D eigenvalue weighted by molar-refractivity contribution is -0.133. The second-order valence-electron chi connectivity index (χ2n) is 7.94. The summed E-state index contributed by atoms with van der Waals surface area (Å²) < 4.78 is 0. The smallest absolute Gasteiger partial charge is 0.255 e. The van der Waals surface area contributed by atoms with Crippen LogP contribution in [0.15, 0.2) is 46.0 Å². The molecule has 0 bridgehead atoms. The van der Waals surface area contributed by atoms with Gasteiger partial charge < -0.3 is 9.80 Å². The maximum absolute atomic E-state index is 13.1. The first kappa shape index (κ1) is 20.5. The summed E-state index contributed by atoms with van der Waals surface area (Å²) in [6.07, 6.45) is 5.62. The zero-order chi connectivity index (χ0) is 20.1. The van der Waals surface area contributed by atoms with Crippen LogP contribution in [0.4, 0.5) is 0 Å². The highest BCUT2D eigenvalue weighted by atomic mass is 32.2. The van der Waals surface area contributed by atoms with Gasteiger partial charge in [0.25, 0.3) is 5.91 Å². The Morgan fingerprint density at radius 1 is 1.00 bits per heavy atom. The summed E-state index contributed by atoms with van der Waals surface area (Å²) in [6, 6.07) is 10.0. The van der Waals surface area contributed by atoms with E-state index in [-0.39, 0.29) is 11.8 Å². The Hall–Kier alpha value is -1.79. The molecule has 1 aliphatic carbocycles. The van der Waals surface area contributed by atoms with Crippen LogP contribution in [0.25, 0.3) is 0 Å². The lowest BCUT2D eigenvalue weighted by atomic mass is 10.0. The molecule has 1 aliphatic heterocycles. The molecule has 0 radical (unpaired) electrons. The molecule has 0 spiro atoms. The number of hydrogen-bond donors (Lipinski definition) is 0. The number of carbonyl (C=O) groups is 2. The molecule has 1 aromatic heterocycles. The zero-order valence-electron chi connectivity index (χ0n) is 16.7. The van der Waals surface area contributed by atoms with E-state index >= 15 is 0 Å². The fourth-order valence-electron chi connectivity index (χ4n) is 4.22. The molecule has 0 unspecified atom stereocenters. The molecular weight excluding hydrogens is 400 g/mol. The van der Waals surface area contributed by atoms with Crippen molar-refractivity contribution in [3.05, 3.63) is 52.2 Å². The van der Waals surface area contributed by atoms with Gasteiger partial charge in [-0.15, -0.1) is 11.8 Å². The van der Waals surface area contributed by atoms with Crippen molar-refractivity contribution in [2.75, 3.05) is 26.2 Å². The van der Waals surface area contributed by atoms with Gasteiger partial charge in [-0.05, 0) is 53.3 Å². The van der Waals surface area contributed by atoms with E-state index in [1.807, 2.05) is 34.1 Å². The highest BCUT2D eigenvalue weighted by molar-refractivity contribution is 7.98. The van der Waals surface area contributed by atoms with Crippen LogP contribution < -0.4 is 0 Å². The van der Waals surface area contributed by atoms with Crippen LogP contribution in [0.5, 0.6) is 0 Å². The van der Waals surface area contributed by atoms with E-state index in [0.29, 0.717) is 38.5 Å². The molecule has 2 heterocycles. The molecule has 29 heavy (non-hydrogen) atoms. The molecular formula is C23H28N2O2S2. The fraction of sp³-hybridized carbons (Fsp3) is 0.478. The molecule has 154 valence electrons. The van der Waals surface area contributed by atoms with Gasteiger partial charge in [0.1, 0.15) is 0 Å². The molecule has 0 atom stereocenters. The minimum absolute atomic E-state index is 0.0845. The van der Waals surface area contributed by atoms with E-state index in [4.69, 9.17) is 0 Å². The predicted octanol–water partition coefficient (Wildman–Crippen LogP) is 4.91. The van der Waals surface area contributed by atoms with Crippen molar-refractivity contribution in [2.24, 2.45) is 5.92 Å². The monoisotopic (exact) mass is 428 g/mol. The number of benzene rings is 1. The van der Waals surface area contributed by atoms with Crippen LogP contribution in [0, 0.1) is 5.92 Å². The van der Waals surface area contributed by atoms with Gasteiger partial charge in [0.05, 0.1) is 5.56 Å². The number of thioether (sulfide) groups is 1. The molecule has 1 saturated heterocycles. The van der Waals surface area contributed by atoms with E-state index in [0.717, 1.165) is 16.2 Å². The zero-order valence-corrected chi connectivity index (χ0v) is 18.4. The van der Waals surface area contributed by atoms with Gasteiger partial charge >= 0.3 is 0 Å². The maximum Gasteiger partial charge on any atom is 0.255 e. The third-order valence-corrected chi connectivity index (χ3v) is 7.83. The number of nitrogens with zero attached hydrogens (tertiary/aromatic N) is 2. The lowest BCUT2D eigenvalue weighted by Crippen LogP contribution is -2.50. The van der Waals surface area contributed by atoms with Crippen LogP contribution in [0.2, 0.25) is 0 Å². The predicted molar refractivity (Wildman–Crippen MR) is 119 cm³/mol. The number of amides is 2. The quantitative estimate of drug-likeness (QED) is 0.614. The van der Waals surface area contributed by atoms with E-state index in [2.05, 4.69) is 16.8 Å². The number of thiophene rings is 1. The molecule has 2 amide bonds. The second-order valence-corrected chi connectivity index (χ2v) is 9.74. The number of hydrogen-bond acceptors (Lipinski definition) is 4. The number of carbonyl (C=O) groups excluding carboxylic acids is 2. The first-order chi connectivity index (χ1) is 14.2. The standard InChI is InChI=1S/C23H28N2O2S2/c26-22(15-18-5-1-2-6-18)24-10-12-25(13-11-24)23(27)20-7-3-4-8-21(20)29-17-19-9-14-28-16-19/h3-4,7-9,14,16,18H,1-2,5-6,10-13,15,17H2. The molecule has 4 rings (SSSR count). The van der Waals surface area contributed by atoms with Crippen LogP contribution in [-0.4, -0.2) is 47.8 Å². The SMILES string of the molecule is O=C(CC1CCCC1)N1CCN(C(=O)c2ccccc2SCc2ccsc2)CC1. The van der Waals surface area contributed by atoms with Crippen LogP contribution in [0.3, 0.4) is 0 Å². The molecule has 2 fully saturated rings. The molecule has 2 aromatic rings. The van der Waals surface area contributed by atoms with E-state index in [1.165, 1.54) is 31.2 Å². The van der Waals surface area contributed by atoms with Crippen molar-refractivity contribution in [2.45, 2.75) is 42.8 Å².